The van der Waals surface area contributed by atoms with Gasteiger partial charge in [0.25, 0.3) is 0 Å². The van der Waals surface area contributed by atoms with Crippen LogP contribution in [0.4, 0.5) is 5.69 Å². The molecule has 13 heavy (non-hydrogen) atoms. The maximum absolute atomic E-state index is 11.2. The molecular weight excluding hydrogens is 182 g/mol. The van der Waals surface area contributed by atoms with Crippen LogP contribution >= 0.6 is 12.6 Å². The van der Waals surface area contributed by atoms with E-state index in [2.05, 4.69) is 12.6 Å². The summed E-state index contributed by atoms with van der Waals surface area (Å²) in [6.07, 6.45) is 0. The molecule has 1 aromatic carbocycles. The van der Waals surface area contributed by atoms with Crippen LogP contribution in [0, 0.1) is 0 Å². The number of anilines is 1. The number of rotatable bonds is 3. The fourth-order valence-electron chi connectivity index (χ4n) is 1.03. The van der Waals surface area contributed by atoms with E-state index in [1.807, 2.05) is 43.3 Å². The summed E-state index contributed by atoms with van der Waals surface area (Å²) >= 11 is 4.68. The zero-order chi connectivity index (χ0) is 9.84. The standard InChI is InChI=1S/C10H12NOS/c1-11(2)9-5-3-8(4-6-9)10(12)7-13/h3-6H,7H2,1-2H3. The molecule has 0 saturated heterocycles. The predicted molar refractivity (Wildman–Crippen MR) is 57.6 cm³/mol. The summed E-state index contributed by atoms with van der Waals surface area (Å²) < 4.78 is 0. The Kier molecular flexibility index (Phi) is 3.37. The third-order valence-corrected chi connectivity index (χ3v) is 2.10. The van der Waals surface area contributed by atoms with E-state index in [0.29, 0.717) is 5.56 Å². The van der Waals surface area contributed by atoms with Crippen LogP contribution in [0.2, 0.25) is 0 Å². The molecule has 0 N–H and O–H groups in total. The highest BCUT2D eigenvalue weighted by Crippen LogP contribution is 2.12. The van der Waals surface area contributed by atoms with Gasteiger partial charge in [-0.05, 0) is 24.3 Å². The monoisotopic (exact) mass is 194 g/mol. The van der Waals surface area contributed by atoms with E-state index < -0.39 is 0 Å². The summed E-state index contributed by atoms with van der Waals surface area (Å²) in [5.74, 6) is 0.168. The molecule has 1 aromatic rings. The second-order valence-electron chi connectivity index (χ2n) is 3.01. The van der Waals surface area contributed by atoms with Crippen molar-refractivity contribution in [1.29, 1.82) is 0 Å². The van der Waals surface area contributed by atoms with Crippen molar-refractivity contribution in [3.8, 4) is 0 Å². The first-order valence-electron chi connectivity index (χ1n) is 4.04. The Labute approximate surface area is 84.0 Å². The minimum absolute atomic E-state index is 0.0142. The fraction of sp³-hybridized carbons (Fsp3) is 0.300. The number of carbonyl (C=O) groups excluding carboxylic acids is 1. The normalized spacial score (nSPS) is 9.77. The average Bonchev–Trinajstić information content (AvgIpc) is 2.17. The van der Waals surface area contributed by atoms with Crippen molar-refractivity contribution in [2.45, 2.75) is 0 Å². The van der Waals surface area contributed by atoms with Gasteiger partial charge in [-0.3, -0.25) is 4.79 Å². The molecular formula is C10H12NOS. The van der Waals surface area contributed by atoms with Crippen LogP contribution in [0.5, 0.6) is 0 Å². The van der Waals surface area contributed by atoms with E-state index >= 15 is 0 Å². The average molecular weight is 194 g/mol. The third kappa shape index (κ3) is 2.49. The molecule has 0 heterocycles. The summed E-state index contributed by atoms with van der Waals surface area (Å²) in [5.41, 5.74) is 1.78. The van der Waals surface area contributed by atoms with Gasteiger partial charge in [0.05, 0.1) is 5.75 Å². The van der Waals surface area contributed by atoms with Crippen molar-refractivity contribution < 1.29 is 4.79 Å². The van der Waals surface area contributed by atoms with Crippen molar-refractivity contribution in [1.82, 2.24) is 0 Å². The minimum atomic E-state index is 0.0142. The van der Waals surface area contributed by atoms with Crippen LogP contribution in [-0.2, 0) is 0 Å². The molecule has 1 rings (SSSR count). The van der Waals surface area contributed by atoms with E-state index in [4.69, 9.17) is 0 Å². The van der Waals surface area contributed by atoms with Gasteiger partial charge in [0.1, 0.15) is 0 Å². The summed E-state index contributed by atoms with van der Waals surface area (Å²) in [5, 5.41) is 0. The zero-order valence-corrected chi connectivity index (χ0v) is 8.60. The molecule has 0 bridgehead atoms. The quantitative estimate of drug-likeness (QED) is 0.687. The van der Waals surface area contributed by atoms with Crippen LogP contribution in [0.25, 0.3) is 0 Å². The van der Waals surface area contributed by atoms with Crippen molar-refractivity contribution in [3.05, 3.63) is 29.8 Å². The molecule has 0 aliphatic heterocycles. The summed E-state index contributed by atoms with van der Waals surface area (Å²) in [4.78, 5) is 13.2. The number of hydrogen-bond acceptors (Lipinski definition) is 2. The smallest absolute Gasteiger partial charge is 0.173 e. The first-order chi connectivity index (χ1) is 6.15. The second-order valence-corrected chi connectivity index (χ2v) is 3.30. The van der Waals surface area contributed by atoms with Crippen LogP contribution in [0.1, 0.15) is 10.4 Å². The molecule has 0 amide bonds. The Balaban J connectivity index is 2.87. The van der Waals surface area contributed by atoms with Gasteiger partial charge in [0, 0.05) is 25.3 Å². The highest BCUT2D eigenvalue weighted by molar-refractivity contribution is 7.81. The van der Waals surface area contributed by atoms with Gasteiger partial charge < -0.3 is 4.90 Å². The number of carbonyl (C=O) groups is 1. The Hall–Kier alpha value is -0.960. The first kappa shape index (κ1) is 10.1. The molecule has 0 aromatic heterocycles. The second kappa shape index (κ2) is 4.33. The third-order valence-electron chi connectivity index (χ3n) is 1.84. The molecule has 0 saturated carbocycles. The van der Waals surface area contributed by atoms with Crippen molar-refractivity contribution in [2.75, 3.05) is 24.7 Å². The lowest BCUT2D eigenvalue weighted by molar-refractivity contribution is 0.102. The Bertz CT molecular complexity index is 292. The lowest BCUT2D eigenvalue weighted by atomic mass is 10.1. The largest absolute Gasteiger partial charge is 0.378 e. The van der Waals surface area contributed by atoms with Crippen molar-refractivity contribution >= 4 is 24.1 Å². The maximum atomic E-state index is 11.2. The van der Waals surface area contributed by atoms with Gasteiger partial charge in [-0.15, -0.1) is 0 Å². The maximum Gasteiger partial charge on any atom is 0.173 e. The molecule has 1 radical (unpaired) electrons. The molecule has 0 fully saturated rings. The van der Waals surface area contributed by atoms with Crippen LogP contribution in [0.3, 0.4) is 0 Å². The van der Waals surface area contributed by atoms with Gasteiger partial charge in [-0.2, -0.15) is 0 Å². The molecule has 0 spiro atoms. The molecule has 0 unspecified atom stereocenters. The summed E-state index contributed by atoms with van der Waals surface area (Å²) in [6, 6.07) is 7.45. The van der Waals surface area contributed by atoms with Crippen LogP contribution < -0.4 is 4.90 Å². The van der Waals surface area contributed by atoms with Crippen molar-refractivity contribution in [3.63, 3.8) is 0 Å². The lowest BCUT2D eigenvalue weighted by Gasteiger charge is -2.11. The lowest BCUT2D eigenvalue weighted by Crippen LogP contribution is -2.09. The Morgan fingerprint density at radius 2 is 1.85 bits per heavy atom. The number of benzene rings is 1. The van der Waals surface area contributed by atoms with Gasteiger partial charge in [0.15, 0.2) is 5.78 Å². The zero-order valence-electron chi connectivity index (χ0n) is 7.78. The molecule has 69 valence electrons. The molecule has 0 aliphatic rings. The molecule has 0 aliphatic carbocycles. The van der Waals surface area contributed by atoms with Gasteiger partial charge >= 0.3 is 0 Å². The first-order valence-corrected chi connectivity index (χ1v) is 4.61. The minimum Gasteiger partial charge on any atom is -0.378 e. The number of Topliss-reactive ketones (excluding diaryl/α,β-unsaturated/α-hetero) is 1. The number of ketones is 1. The van der Waals surface area contributed by atoms with Crippen LogP contribution in [-0.4, -0.2) is 25.6 Å². The fourth-order valence-corrected chi connectivity index (χ4v) is 1.20. The summed E-state index contributed by atoms with van der Waals surface area (Å²) in [7, 11) is 3.92. The Morgan fingerprint density at radius 1 is 1.31 bits per heavy atom. The highest BCUT2D eigenvalue weighted by Gasteiger charge is 2.03. The SMILES string of the molecule is CN(C)c1ccc(C(=O)C[S])cc1. The highest BCUT2D eigenvalue weighted by atomic mass is 32.1. The van der Waals surface area contributed by atoms with E-state index in [0.717, 1.165) is 5.69 Å². The van der Waals surface area contributed by atoms with E-state index in [1.165, 1.54) is 0 Å². The van der Waals surface area contributed by atoms with E-state index in [9.17, 15) is 4.79 Å². The van der Waals surface area contributed by atoms with Crippen molar-refractivity contribution in [2.24, 2.45) is 0 Å². The number of nitrogens with zero attached hydrogens (tertiary/aromatic N) is 1. The summed E-state index contributed by atoms with van der Waals surface area (Å²) in [6.45, 7) is 0. The predicted octanol–water partition coefficient (Wildman–Crippen LogP) is 2.13. The van der Waals surface area contributed by atoms with Gasteiger partial charge in [0.2, 0.25) is 0 Å². The van der Waals surface area contributed by atoms with E-state index in [-0.39, 0.29) is 11.5 Å². The topological polar surface area (TPSA) is 20.3 Å². The van der Waals surface area contributed by atoms with Gasteiger partial charge in [-0.25, -0.2) is 0 Å². The molecule has 0 atom stereocenters. The number of hydrogen-bond donors (Lipinski definition) is 0. The Morgan fingerprint density at radius 3 is 2.23 bits per heavy atom. The van der Waals surface area contributed by atoms with Crippen LogP contribution in [0.15, 0.2) is 24.3 Å². The van der Waals surface area contributed by atoms with E-state index in [1.54, 1.807) is 0 Å². The molecule has 2 nitrogen and oxygen atoms in total. The van der Waals surface area contributed by atoms with Gasteiger partial charge in [-0.1, -0.05) is 12.6 Å². The molecule has 3 heteroatoms.